The molecule has 1 aromatic rings. The average molecular weight is 757 g/mol. The van der Waals surface area contributed by atoms with E-state index in [0.29, 0.717) is 24.7 Å². The number of hydrazine groups is 1. The van der Waals surface area contributed by atoms with Crippen LogP contribution < -0.4 is 16.1 Å². The highest BCUT2D eigenvalue weighted by Crippen LogP contribution is 2.24. The van der Waals surface area contributed by atoms with Crippen LogP contribution >= 0.6 is 0 Å². The standard InChI is InChI=1S/C39H53FN4O10/c1-22(2)34-37(51)41-31(20-26-18-27(40)21-28(47)19-26)38(52)44-16-9-10-30(43-44)39(53)54-33(23(3)15-17-45)12-8-6-7-11-32(48)25(5)35(49)29(36(50)42-34)14-13-24(4)46/h6-8,11,17-19,21-22,25,29-32,34-35,43,47-49H,9-10,12-16,20H2,1-5H3,(H,41,51)(H,42,50)/b8-6?,11-7?,33-23-/t25-,29+,30?,31-,32-,34-,35+/m0/s1. The maximum atomic E-state index is 14.3. The molecule has 0 radical (unpaired) electrons. The molecule has 1 fully saturated rings. The number of fused-ring (bicyclic) bond motifs is 2. The third-order valence-corrected chi connectivity index (χ3v) is 9.56. The van der Waals surface area contributed by atoms with Crippen LogP contribution in [-0.4, -0.2) is 93.0 Å². The molecule has 3 amide bonds. The fraction of sp³-hybridized carbons (Fsp3) is 0.538. The monoisotopic (exact) mass is 756 g/mol. The first-order valence-corrected chi connectivity index (χ1v) is 18.2. The number of hydrogen-bond donors (Lipinski definition) is 6. The number of nitrogens with zero attached hydrogens (tertiary/aromatic N) is 1. The molecule has 6 N–H and O–H groups in total. The molecule has 2 aliphatic rings. The van der Waals surface area contributed by atoms with Crippen molar-refractivity contribution < 1.29 is 53.2 Å². The molecule has 0 aliphatic carbocycles. The minimum Gasteiger partial charge on any atom is -0.508 e. The van der Waals surface area contributed by atoms with E-state index in [0.717, 1.165) is 12.1 Å². The molecule has 2 aliphatic heterocycles. The number of cyclic esters (lactones) is 1. The Balaban J connectivity index is 2.09. The van der Waals surface area contributed by atoms with Crippen LogP contribution in [0.3, 0.4) is 0 Å². The Morgan fingerprint density at radius 2 is 1.80 bits per heavy atom. The number of aldehydes is 1. The lowest BCUT2D eigenvalue weighted by atomic mass is 9.84. The number of allylic oxidation sites excluding steroid dienone is 4. The molecule has 2 bridgehead atoms. The number of rotatable bonds is 8. The van der Waals surface area contributed by atoms with Crippen LogP contribution in [0.1, 0.15) is 78.7 Å². The first kappa shape index (κ1) is 43.7. The zero-order valence-corrected chi connectivity index (χ0v) is 31.4. The van der Waals surface area contributed by atoms with Crippen molar-refractivity contribution in [3.63, 3.8) is 0 Å². The van der Waals surface area contributed by atoms with Crippen molar-refractivity contribution in [1.29, 1.82) is 0 Å². The number of ketones is 1. The van der Waals surface area contributed by atoms with Crippen LogP contribution in [0.5, 0.6) is 5.75 Å². The molecule has 296 valence electrons. The topological polar surface area (TPSA) is 212 Å². The number of phenolic OH excluding ortho intramolecular Hbond substituents is 1. The summed E-state index contributed by atoms with van der Waals surface area (Å²) in [5.74, 6) is -6.79. The predicted octanol–water partition coefficient (Wildman–Crippen LogP) is 2.46. The normalized spacial score (nSPS) is 27.6. The van der Waals surface area contributed by atoms with Gasteiger partial charge in [-0.25, -0.2) is 14.6 Å². The number of hydrogen-bond acceptors (Lipinski definition) is 11. The number of aromatic hydroxyl groups is 1. The van der Waals surface area contributed by atoms with Gasteiger partial charge in [0.25, 0.3) is 5.91 Å². The Labute approximate surface area is 314 Å². The maximum Gasteiger partial charge on any atom is 0.330 e. The highest BCUT2D eigenvalue weighted by Gasteiger charge is 2.38. The van der Waals surface area contributed by atoms with E-state index < -0.39 is 83.3 Å². The fourth-order valence-electron chi connectivity index (χ4n) is 6.27. The molecule has 7 atom stereocenters. The Hall–Kier alpha value is -4.73. The summed E-state index contributed by atoms with van der Waals surface area (Å²) in [6.45, 7) is 7.96. The highest BCUT2D eigenvalue weighted by atomic mass is 19.1. The molecule has 54 heavy (non-hydrogen) atoms. The summed E-state index contributed by atoms with van der Waals surface area (Å²) in [5.41, 5.74) is 3.55. The van der Waals surface area contributed by atoms with Crippen LogP contribution in [-0.2, 0) is 39.9 Å². The van der Waals surface area contributed by atoms with Gasteiger partial charge in [-0.15, -0.1) is 0 Å². The number of aliphatic hydroxyl groups excluding tert-OH is 2. The van der Waals surface area contributed by atoms with E-state index in [-0.39, 0.29) is 55.8 Å². The van der Waals surface area contributed by atoms with Gasteiger partial charge in [0.05, 0.1) is 18.1 Å². The van der Waals surface area contributed by atoms with Crippen LogP contribution in [0.4, 0.5) is 4.39 Å². The molecular weight excluding hydrogens is 703 g/mol. The van der Waals surface area contributed by atoms with Gasteiger partial charge in [-0.1, -0.05) is 45.1 Å². The average Bonchev–Trinajstić information content (AvgIpc) is 3.11. The lowest BCUT2D eigenvalue weighted by Crippen LogP contribution is -2.62. The summed E-state index contributed by atoms with van der Waals surface area (Å²) < 4.78 is 20.1. The second kappa shape index (κ2) is 20.7. The number of ether oxygens (including phenoxy) is 1. The largest absolute Gasteiger partial charge is 0.508 e. The molecule has 14 nitrogen and oxygen atoms in total. The number of carbonyl (C=O) groups excluding carboxylic acids is 6. The predicted molar refractivity (Wildman–Crippen MR) is 195 cm³/mol. The van der Waals surface area contributed by atoms with Crippen molar-refractivity contribution in [3.05, 3.63) is 65.2 Å². The highest BCUT2D eigenvalue weighted by molar-refractivity contribution is 5.93. The zero-order valence-electron chi connectivity index (χ0n) is 31.4. The fourth-order valence-corrected chi connectivity index (χ4v) is 6.27. The van der Waals surface area contributed by atoms with E-state index in [1.54, 1.807) is 32.9 Å². The molecule has 1 unspecified atom stereocenters. The van der Waals surface area contributed by atoms with Crippen molar-refractivity contribution in [1.82, 2.24) is 21.1 Å². The Morgan fingerprint density at radius 3 is 2.44 bits per heavy atom. The third kappa shape index (κ3) is 12.7. The van der Waals surface area contributed by atoms with E-state index in [2.05, 4.69) is 16.1 Å². The van der Waals surface area contributed by atoms with Crippen LogP contribution in [0.25, 0.3) is 0 Å². The van der Waals surface area contributed by atoms with Gasteiger partial charge in [0, 0.05) is 44.2 Å². The van der Waals surface area contributed by atoms with Crippen molar-refractivity contribution in [2.45, 2.75) is 110 Å². The first-order valence-electron chi connectivity index (χ1n) is 18.2. The van der Waals surface area contributed by atoms with E-state index in [4.69, 9.17) is 4.74 Å². The molecule has 2 heterocycles. The molecule has 3 rings (SSSR count). The lowest BCUT2D eigenvalue weighted by molar-refractivity contribution is -0.150. The summed E-state index contributed by atoms with van der Waals surface area (Å²) in [6.07, 6.45) is 4.48. The van der Waals surface area contributed by atoms with Gasteiger partial charge in [0.2, 0.25) is 11.8 Å². The molecule has 0 aromatic heterocycles. The lowest BCUT2D eigenvalue weighted by Gasteiger charge is -2.36. The third-order valence-electron chi connectivity index (χ3n) is 9.56. The number of esters is 1. The molecule has 0 saturated carbocycles. The second-order valence-electron chi connectivity index (χ2n) is 14.3. The van der Waals surface area contributed by atoms with Gasteiger partial charge in [-0.3, -0.25) is 19.4 Å². The molecule has 0 spiro atoms. The van der Waals surface area contributed by atoms with E-state index in [1.807, 2.05) is 0 Å². The SMILES string of the molecule is CC(=O)CC[C@H]1C(=O)N[C@@H](C(C)C)C(=O)N[C@@H](Cc2cc(O)cc(F)c2)C(=O)N2CCCC(N2)C(=O)O/C(=C(/C)CC=O)CC=CC=C[C@H](O)[C@H](C)[C@H]1O. The number of amides is 3. The van der Waals surface area contributed by atoms with Crippen molar-refractivity contribution >= 4 is 35.8 Å². The van der Waals surface area contributed by atoms with Gasteiger partial charge in [-0.05, 0) is 62.3 Å². The minimum absolute atomic E-state index is 0.00410. The summed E-state index contributed by atoms with van der Waals surface area (Å²) in [4.78, 5) is 78.6. The summed E-state index contributed by atoms with van der Waals surface area (Å²) >= 11 is 0. The van der Waals surface area contributed by atoms with Gasteiger partial charge in [-0.2, -0.15) is 0 Å². The minimum atomic E-state index is -1.45. The molecular formula is C39H53FN4O10. The first-order chi connectivity index (χ1) is 25.5. The van der Waals surface area contributed by atoms with Gasteiger partial charge in [0.1, 0.15) is 47.5 Å². The molecule has 1 saturated heterocycles. The Bertz CT molecular complexity index is 1610. The molecule has 15 heteroatoms. The Kier molecular flexibility index (Phi) is 16.7. The van der Waals surface area contributed by atoms with Crippen molar-refractivity contribution in [2.75, 3.05) is 6.54 Å². The number of benzene rings is 1. The van der Waals surface area contributed by atoms with Gasteiger partial charge >= 0.3 is 5.97 Å². The van der Waals surface area contributed by atoms with Crippen LogP contribution in [0, 0.1) is 23.6 Å². The van der Waals surface area contributed by atoms with Crippen LogP contribution in [0.15, 0.2) is 53.8 Å². The quantitative estimate of drug-likeness (QED) is 0.168. The number of halogens is 1. The Morgan fingerprint density at radius 1 is 1.07 bits per heavy atom. The number of aliphatic hydroxyl groups is 2. The maximum absolute atomic E-state index is 14.3. The summed E-state index contributed by atoms with van der Waals surface area (Å²) in [7, 11) is 0. The van der Waals surface area contributed by atoms with Crippen molar-refractivity contribution in [3.8, 4) is 5.75 Å². The second-order valence-corrected chi connectivity index (χ2v) is 14.3. The summed E-state index contributed by atoms with van der Waals surface area (Å²) in [5, 5.41) is 38.9. The smallest absolute Gasteiger partial charge is 0.330 e. The van der Waals surface area contributed by atoms with Crippen molar-refractivity contribution in [2.24, 2.45) is 17.8 Å². The van der Waals surface area contributed by atoms with E-state index >= 15 is 0 Å². The van der Waals surface area contributed by atoms with Crippen LogP contribution in [0.2, 0.25) is 0 Å². The van der Waals surface area contributed by atoms with Gasteiger partial charge < -0.3 is 40.3 Å². The van der Waals surface area contributed by atoms with E-state index in [9.17, 15) is 48.5 Å². The summed E-state index contributed by atoms with van der Waals surface area (Å²) in [6, 6.07) is -0.394. The number of phenols is 1. The number of carbonyl (C=O) groups is 6. The number of Topliss-reactive ketones (excluding diaryl/α,β-unsaturated/α-hetero) is 1. The molecule has 1 aromatic carbocycles. The van der Waals surface area contributed by atoms with E-state index in [1.165, 1.54) is 37.1 Å². The van der Waals surface area contributed by atoms with Gasteiger partial charge in [0.15, 0.2) is 0 Å². The number of nitrogens with one attached hydrogen (secondary N) is 3. The zero-order chi connectivity index (χ0) is 40.1.